The molecule has 0 fully saturated rings. The van der Waals surface area contributed by atoms with Crippen LogP contribution in [0.1, 0.15) is 37.1 Å². The Morgan fingerprint density at radius 2 is 1.33 bits per heavy atom. The molecule has 0 amide bonds. The number of imidazole rings is 1. The van der Waals surface area contributed by atoms with Gasteiger partial charge in [-0.1, -0.05) is 12.8 Å². The average molecular weight is 166 g/mol. The third kappa shape index (κ3) is 1.44. The molecule has 1 aromatic rings. The number of rotatable bonds is 0. The molecule has 0 spiro atoms. The van der Waals surface area contributed by atoms with Crippen molar-refractivity contribution in [1.29, 1.82) is 0 Å². The molecule has 3 nitrogen and oxygen atoms in total. The number of aryl methyl sites for hydroxylation is 2. The molecule has 0 saturated heterocycles. The minimum absolute atomic E-state index is 0.0399. The Morgan fingerprint density at radius 3 is 1.83 bits per heavy atom. The minimum Gasteiger partial charge on any atom is -0.310 e. The van der Waals surface area contributed by atoms with Crippen LogP contribution in [0.3, 0.4) is 0 Å². The van der Waals surface area contributed by atoms with Crippen LogP contribution in [0.2, 0.25) is 0 Å². The van der Waals surface area contributed by atoms with Crippen LogP contribution >= 0.6 is 0 Å². The first-order valence-corrected chi connectivity index (χ1v) is 4.66. The van der Waals surface area contributed by atoms with Crippen LogP contribution in [-0.4, -0.2) is 9.97 Å². The molecule has 0 aromatic carbocycles. The van der Waals surface area contributed by atoms with Crippen LogP contribution in [0.5, 0.6) is 0 Å². The number of nitrogens with one attached hydrogen (secondary N) is 2. The van der Waals surface area contributed by atoms with Crippen LogP contribution < -0.4 is 5.69 Å². The van der Waals surface area contributed by atoms with E-state index in [-0.39, 0.29) is 5.69 Å². The van der Waals surface area contributed by atoms with Crippen LogP contribution in [0, 0.1) is 0 Å². The SMILES string of the molecule is O=c1[nH]c2c([nH]1)CCCCCC2. The lowest BCUT2D eigenvalue weighted by molar-refractivity contribution is 0.608. The first-order chi connectivity index (χ1) is 5.86. The third-order valence-corrected chi connectivity index (χ3v) is 2.50. The van der Waals surface area contributed by atoms with E-state index in [4.69, 9.17) is 0 Å². The van der Waals surface area contributed by atoms with Crippen LogP contribution in [0.15, 0.2) is 4.79 Å². The van der Waals surface area contributed by atoms with Gasteiger partial charge in [-0.2, -0.15) is 0 Å². The maximum atomic E-state index is 11.0. The fourth-order valence-corrected chi connectivity index (χ4v) is 1.84. The quantitative estimate of drug-likeness (QED) is 0.600. The first-order valence-electron chi connectivity index (χ1n) is 4.66. The van der Waals surface area contributed by atoms with Crippen molar-refractivity contribution in [3.63, 3.8) is 0 Å². The molecule has 2 rings (SSSR count). The van der Waals surface area contributed by atoms with Crippen molar-refractivity contribution in [1.82, 2.24) is 9.97 Å². The molecule has 0 saturated carbocycles. The lowest BCUT2D eigenvalue weighted by Crippen LogP contribution is -2.01. The normalized spacial score (nSPS) is 18.0. The van der Waals surface area contributed by atoms with Gasteiger partial charge in [0.15, 0.2) is 0 Å². The fraction of sp³-hybridized carbons (Fsp3) is 0.667. The molecule has 0 bridgehead atoms. The molecule has 1 aliphatic rings. The molecule has 3 heteroatoms. The highest BCUT2D eigenvalue weighted by Gasteiger charge is 2.08. The number of aromatic nitrogens is 2. The van der Waals surface area contributed by atoms with Crippen molar-refractivity contribution in [2.45, 2.75) is 38.5 Å². The number of fused-ring (bicyclic) bond motifs is 1. The number of aromatic amines is 2. The van der Waals surface area contributed by atoms with Gasteiger partial charge in [-0.15, -0.1) is 0 Å². The summed E-state index contributed by atoms with van der Waals surface area (Å²) in [7, 11) is 0. The summed E-state index contributed by atoms with van der Waals surface area (Å²) >= 11 is 0. The lowest BCUT2D eigenvalue weighted by Gasteiger charge is -2.07. The predicted octanol–water partition coefficient (Wildman–Crippen LogP) is 1.36. The van der Waals surface area contributed by atoms with Gasteiger partial charge in [0.1, 0.15) is 0 Å². The van der Waals surface area contributed by atoms with Gasteiger partial charge >= 0.3 is 5.69 Å². The second kappa shape index (κ2) is 3.17. The fourth-order valence-electron chi connectivity index (χ4n) is 1.84. The van der Waals surface area contributed by atoms with Gasteiger partial charge in [0.25, 0.3) is 0 Å². The Labute approximate surface area is 71.2 Å². The second-order valence-electron chi connectivity index (χ2n) is 3.45. The summed E-state index contributed by atoms with van der Waals surface area (Å²) in [6.45, 7) is 0. The lowest BCUT2D eigenvalue weighted by atomic mass is 10.0. The Bertz CT molecular complexity index is 282. The highest BCUT2D eigenvalue weighted by Crippen LogP contribution is 2.15. The van der Waals surface area contributed by atoms with Crippen molar-refractivity contribution in [2.75, 3.05) is 0 Å². The summed E-state index contributed by atoms with van der Waals surface area (Å²) in [6.07, 6.45) is 7.09. The molecule has 0 radical (unpaired) electrons. The third-order valence-electron chi connectivity index (χ3n) is 2.50. The summed E-state index contributed by atoms with van der Waals surface area (Å²) in [4.78, 5) is 16.7. The van der Waals surface area contributed by atoms with E-state index in [0.29, 0.717) is 0 Å². The Hall–Kier alpha value is -0.990. The zero-order valence-corrected chi connectivity index (χ0v) is 7.15. The van der Waals surface area contributed by atoms with E-state index in [0.717, 1.165) is 24.2 Å². The summed E-state index contributed by atoms with van der Waals surface area (Å²) in [6, 6.07) is 0. The van der Waals surface area contributed by atoms with E-state index in [1.54, 1.807) is 0 Å². The average Bonchev–Trinajstić information content (AvgIpc) is 2.32. The van der Waals surface area contributed by atoms with Crippen molar-refractivity contribution >= 4 is 0 Å². The van der Waals surface area contributed by atoms with Gasteiger partial charge in [0, 0.05) is 11.4 Å². The van der Waals surface area contributed by atoms with E-state index in [1.165, 1.54) is 25.7 Å². The highest BCUT2D eigenvalue weighted by molar-refractivity contribution is 5.11. The maximum Gasteiger partial charge on any atom is 0.323 e. The van der Waals surface area contributed by atoms with Crippen LogP contribution in [-0.2, 0) is 12.8 Å². The smallest absolute Gasteiger partial charge is 0.310 e. The number of hydrogen-bond acceptors (Lipinski definition) is 1. The standard InChI is InChI=1S/C9H14N2O/c12-9-10-7-5-3-1-2-4-6-8(7)11-9/h1-6H2,(H2,10,11,12). The summed E-state index contributed by atoms with van der Waals surface area (Å²) < 4.78 is 0. The second-order valence-corrected chi connectivity index (χ2v) is 3.45. The van der Waals surface area contributed by atoms with Crippen molar-refractivity contribution < 1.29 is 0 Å². The zero-order chi connectivity index (χ0) is 8.39. The summed E-state index contributed by atoms with van der Waals surface area (Å²) in [5.74, 6) is 0. The van der Waals surface area contributed by atoms with Gasteiger partial charge in [-0.25, -0.2) is 4.79 Å². The molecule has 12 heavy (non-hydrogen) atoms. The van der Waals surface area contributed by atoms with E-state index in [1.807, 2.05) is 0 Å². The van der Waals surface area contributed by atoms with Crippen LogP contribution in [0.25, 0.3) is 0 Å². The largest absolute Gasteiger partial charge is 0.323 e. The molecule has 0 unspecified atom stereocenters. The zero-order valence-electron chi connectivity index (χ0n) is 7.15. The Morgan fingerprint density at radius 1 is 0.833 bits per heavy atom. The van der Waals surface area contributed by atoms with E-state index in [9.17, 15) is 4.79 Å². The topological polar surface area (TPSA) is 48.6 Å². The van der Waals surface area contributed by atoms with E-state index < -0.39 is 0 Å². The van der Waals surface area contributed by atoms with Crippen molar-refractivity contribution in [2.24, 2.45) is 0 Å². The van der Waals surface area contributed by atoms with Crippen LogP contribution in [0.4, 0.5) is 0 Å². The van der Waals surface area contributed by atoms with Gasteiger partial charge < -0.3 is 9.97 Å². The van der Waals surface area contributed by atoms with E-state index in [2.05, 4.69) is 9.97 Å². The van der Waals surface area contributed by atoms with E-state index >= 15 is 0 Å². The molecule has 1 heterocycles. The Kier molecular flexibility index (Phi) is 2.02. The van der Waals surface area contributed by atoms with Gasteiger partial charge in [0.05, 0.1) is 0 Å². The minimum atomic E-state index is -0.0399. The van der Waals surface area contributed by atoms with Gasteiger partial charge in [0.2, 0.25) is 0 Å². The monoisotopic (exact) mass is 166 g/mol. The maximum absolute atomic E-state index is 11.0. The number of hydrogen-bond donors (Lipinski definition) is 2. The molecule has 2 N–H and O–H groups in total. The molecule has 0 aliphatic heterocycles. The first kappa shape index (κ1) is 7.65. The van der Waals surface area contributed by atoms with Crippen molar-refractivity contribution in [3.8, 4) is 0 Å². The Balaban J connectivity index is 2.29. The summed E-state index contributed by atoms with van der Waals surface area (Å²) in [5, 5.41) is 0. The molecule has 1 aliphatic carbocycles. The summed E-state index contributed by atoms with van der Waals surface area (Å²) in [5.41, 5.74) is 2.24. The van der Waals surface area contributed by atoms with Crippen molar-refractivity contribution in [3.05, 3.63) is 21.9 Å². The molecule has 66 valence electrons. The van der Waals surface area contributed by atoms with Gasteiger partial charge in [-0.05, 0) is 25.7 Å². The number of H-pyrrole nitrogens is 2. The highest BCUT2D eigenvalue weighted by atomic mass is 16.1. The molecule has 1 aromatic heterocycles. The molecule has 0 atom stereocenters. The molecular weight excluding hydrogens is 152 g/mol. The molecular formula is C9H14N2O. The van der Waals surface area contributed by atoms with Gasteiger partial charge in [-0.3, -0.25) is 0 Å². The predicted molar refractivity (Wildman–Crippen MR) is 47.3 cm³/mol.